The molecule has 0 bridgehead atoms. The van der Waals surface area contributed by atoms with Gasteiger partial charge in [0.25, 0.3) is 5.91 Å². The van der Waals surface area contributed by atoms with Crippen molar-refractivity contribution in [2.24, 2.45) is 0 Å². The highest BCUT2D eigenvalue weighted by Gasteiger charge is 2.13. The van der Waals surface area contributed by atoms with Crippen LogP contribution in [0.15, 0.2) is 66.7 Å². The molecule has 0 spiro atoms. The van der Waals surface area contributed by atoms with Gasteiger partial charge in [0.15, 0.2) is 11.5 Å². The highest BCUT2D eigenvalue weighted by Crippen LogP contribution is 2.32. The van der Waals surface area contributed by atoms with Crippen LogP contribution in [-0.4, -0.2) is 30.8 Å². The smallest absolute Gasteiger partial charge is 0.270 e. The number of aromatic nitrogens is 1. The molecule has 0 unspecified atom stereocenters. The van der Waals surface area contributed by atoms with E-state index in [1.807, 2.05) is 54.6 Å². The van der Waals surface area contributed by atoms with Crippen LogP contribution in [0.25, 0.3) is 0 Å². The van der Waals surface area contributed by atoms with Crippen molar-refractivity contribution >= 4 is 11.7 Å². The molecule has 2 heterocycles. The van der Waals surface area contributed by atoms with Gasteiger partial charge in [-0.3, -0.25) is 4.79 Å². The molecule has 3 aromatic rings. The Labute approximate surface area is 168 Å². The predicted octanol–water partition coefficient (Wildman–Crippen LogP) is 3.23. The van der Waals surface area contributed by atoms with Gasteiger partial charge < -0.3 is 24.8 Å². The van der Waals surface area contributed by atoms with E-state index in [0.717, 1.165) is 22.8 Å². The monoisotopic (exact) mass is 391 g/mol. The first-order valence-corrected chi connectivity index (χ1v) is 9.33. The Bertz CT molecular complexity index is 979. The Kier molecular flexibility index (Phi) is 5.76. The summed E-state index contributed by atoms with van der Waals surface area (Å²) in [6, 6.07) is 20.5. The number of carbonyl (C=O) groups is 1. The number of amides is 1. The highest BCUT2D eigenvalue weighted by atomic mass is 16.7. The molecule has 7 nitrogen and oxygen atoms in total. The summed E-state index contributed by atoms with van der Waals surface area (Å²) in [5.41, 5.74) is 1.38. The zero-order valence-corrected chi connectivity index (χ0v) is 15.8. The molecule has 1 aliphatic rings. The minimum absolute atomic E-state index is 0.242. The first kappa shape index (κ1) is 18.6. The van der Waals surface area contributed by atoms with Crippen LogP contribution in [0.1, 0.15) is 16.1 Å². The SMILES string of the molecule is O=C(NCCOc1ccccc1)c1cccc(NCc2ccc3c(c2)OCO3)n1. The minimum Gasteiger partial charge on any atom is -0.492 e. The van der Waals surface area contributed by atoms with Gasteiger partial charge in [-0.05, 0) is 42.0 Å². The Morgan fingerprint density at radius 3 is 2.76 bits per heavy atom. The van der Waals surface area contributed by atoms with Crippen molar-refractivity contribution in [3.63, 3.8) is 0 Å². The second kappa shape index (κ2) is 8.97. The van der Waals surface area contributed by atoms with Crippen molar-refractivity contribution in [2.45, 2.75) is 6.54 Å². The van der Waals surface area contributed by atoms with E-state index in [2.05, 4.69) is 15.6 Å². The summed E-state index contributed by atoms with van der Waals surface area (Å²) in [6.45, 7) is 1.59. The van der Waals surface area contributed by atoms with Crippen LogP contribution in [-0.2, 0) is 6.54 Å². The molecule has 0 radical (unpaired) electrons. The van der Waals surface area contributed by atoms with Crippen molar-refractivity contribution in [3.8, 4) is 17.2 Å². The van der Waals surface area contributed by atoms with Crippen molar-refractivity contribution in [1.29, 1.82) is 0 Å². The third-order valence-corrected chi connectivity index (χ3v) is 4.29. The molecule has 0 saturated heterocycles. The molecule has 0 aliphatic carbocycles. The number of hydrogen-bond donors (Lipinski definition) is 2. The molecule has 148 valence electrons. The zero-order valence-electron chi connectivity index (χ0n) is 15.8. The van der Waals surface area contributed by atoms with Crippen molar-refractivity contribution in [3.05, 3.63) is 78.0 Å². The topological polar surface area (TPSA) is 81.7 Å². The van der Waals surface area contributed by atoms with E-state index >= 15 is 0 Å². The second-order valence-electron chi connectivity index (χ2n) is 6.37. The average Bonchev–Trinajstić information content (AvgIpc) is 3.24. The first-order valence-electron chi connectivity index (χ1n) is 9.33. The van der Waals surface area contributed by atoms with Gasteiger partial charge in [-0.1, -0.05) is 30.3 Å². The standard InChI is InChI=1S/C22H21N3O4/c26-22(23-11-12-27-17-5-2-1-3-6-17)18-7-4-8-21(25-18)24-14-16-9-10-19-20(13-16)29-15-28-19/h1-10,13H,11-12,14-15H2,(H,23,26)(H,24,25). The van der Waals surface area contributed by atoms with E-state index in [-0.39, 0.29) is 12.7 Å². The number of nitrogens with one attached hydrogen (secondary N) is 2. The maximum atomic E-state index is 12.3. The zero-order chi connectivity index (χ0) is 19.9. The summed E-state index contributed by atoms with van der Waals surface area (Å²) in [6.07, 6.45) is 0. The van der Waals surface area contributed by atoms with Crippen molar-refractivity contribution < 1.29 is 19.0 Å². The molecule has 2 N–H and O–H groups in total. The minimum atomic E-state index is -0.242. The molecule has 7 heteroatoms. The number of anilines is 1. The summed E-state index contributed by atoms with van der Waals surface area (Å²) in [7, 11) is 0. The van der Waals surface area contributed by atoms with E-state index in [1.165, 1.54) is 0 Å². The number of hydrogen-bond acceptors (Lipinski definition) is 6. The van der Waals surface area contributed by atoms with E-state index in [1.54, 1.807) is 12.1 Å². The Balaban J connectivity index is 1.27. The molecule has 1 amide bonds. The average molecular weight is 391 g/mol. The molecule has 4 rings (SSSR count). The largest absolute Gasteiger partial charge is 0.492 e. The van der Waals surface area contributed by atoms with Crippen LogP contribution in [0.2, 0.25) is 0 Å². The van der Waals surface area contributed by atoms with Crippen LogP contribution in [0.5, 0.6) is 17.2 Å². The van der Waals surface area contributed by atoms with Gasteiger partial charge in [0.05, 0.1) is 6.54 Å². The molecule has 0 atom stereocenters. The molecular weight excluding hydrogens is 370 g/mol. The van der Waals surface area contributed by atoms with E-state index in [0.29, 0.717) is 31.2 Å². The number of benzene rings is 2. The number of carbonyl (C=O) groups excluding carboxylic acids is 1. The maximum Gasteiger partial charge on any atom is 0.270 e. The summed E-state index contributed by atoms with van der Waals surface area (Å²) >= 11 is 0. The van der Waals surface area contributed by atoms with Crippen LogP contribution in [0.4, 0.5) is 5.82 Å². The third-order valence-electron chi connectivity index (χ3n) is 4.29. The van der Waals surface area contributed by atoms with Crippen LogP contribution in [0, 0.1) is 0 Å². The first-order chi connectivity index (χ1) is 14.3. The summed E-state index contributed by atoms with van der Waals surface area (Å²) in [5, 5.41) is 6.04. The Morgan fingerprint density at radius 2 is 1.86 bits per heavy atom. The maximum absolute atomic E-state index is 12.3. The summed E-state index contributed by atoms with van der Waals surface area (Å²) < 4.78 is 16.3. The lowest BCUT2D eigenvalue weighted by molar-refractivity contribution is 0.0942. The predicted molar refractivity (Wildman–Crippen MR) is 108 cm³/mol. The quantitative estimate of drug-likeness (QED) is 0.574. The Hall–Kier alpha value is -3.74. The van der Waals surface area contributed by atoms with Crippen LogP contribution >= 0.6 is 0 Å². The number of ether oxygens (including phenoxy) is 3. The molecule has 29 heavy (non-hydrogen) atoms. The highest BCUT2D eigenvalue weighted by molar-refractivity contribution is 5.92. The molecule has 1 aromatic heterocycles. The lowest BCUT2D eigenvalue weighted by Gasteiger charge is -2.09. The van der Waals surface area contributed by atoms with Crippen molar-refractivity contribution in [2.75, 3.05) is 25.3 Å². The van der Waals surface area contributed by atoms with Gasteiger partial charge >= 0.3 is 0 Å². The normalized spacial score (nSPS) is 11.7. The van der Waals surface area contributed by atoms with Gasteiger partial charge in [-0.25, -0.2) is 4.98 Å². The van der Waals surface area contributed by atoms with Gasteiger partial charge in [0.2, 0.25) is 6.79 Å². The molecule has 0 saturated carbocycles. The van der Waals surface area contributed by atoms with Gasteiger partial charge in [-0.2, -0.15) is 0 Å². The lowest BCUT2D eigenvalue weighted by Crippen LogP contribution is -2.28. The summed E-state index contributed by atoms with van der Waals surface area (Å²) in [4.78, 5) is 16.7. The number of rotatable bonds is 8. The van der Waals surface area contributed by atoms with Gasteiger partial charge in [-0.15, -0.1) is 0 Å². The second-order valence-corrected chi connectivity index (χ2v) is 6.37. The molecule has 2 aromatic carbocycles. The summed E-state index contributed by atoms with van der Waals surface area (Å²) in [5.74, 6) is 2.64. The fraction of sp³-hybridized carbons (Fsp3) is 0.182. The molecular formula is C22H21N3O4. The fourth-order valence-corrected chi connectivity index (χ4v) is 2.84. The number of nitrogens with zero attached hydrogens (tertiary/aromatic N) is 1. The lowest BCUT2D eigenvalue weighted by atomic mass is 10.2. The number of para-hydroxylation sites is 1. The van der Waals surface area contributed by atoms with E-state index in [4.69, 9.17) is 14.2 Å². The van der Waals surface area contributed by atoms with Crippen LogP contribution in [0.3, 0.4) is 0 Å². The van der Waals surface area contributed by atoms with Gasteiger partial charge in [0.1, 0.15) is 23.9 Å². The number of fused-ring (bicyclic) bond motifs is 1. The van der Waals surface area contributed by atoms with E-state index < -0.39 is 0 Å². The Morgan fingerprint density at radius 1 is 1.00 bits per heavy atom. The number of pyridine rings is 1. The molecule has 0 fully saturated rings. The van der Waals surface area contributed by atoms with Gasteiger partial charge in [0, 0.05) is 6.54 Å². The van der Waals surface area contributed by atoms with Crippen LogP contribution < -0.4 is 24.8 Å². The molecule has 1 aliphatic heterocycles. The van der Waals surface area contributed by atoms with Crippen molar-refractivity contribution in [1.82, 2.24) is 10.3 Å². The fourth-order valence-electron chi connectivity index (χ4n) is 2.84. The third kappa shape index (κ3) is 4.95. The van der Waals surface area contributed by atoms with E-state index in [9.17, 15) is 4.79 Å².